The molecular formula is C19H36IN7O. The second-order valence-corrected chi connectivity index (χ2v) is 7.60. The molecule has 0 spiro atoms. The Morgan fingerprint density at radius 2 is 2.11 bits per heavy atom. The largest absolute Gasteiger partial charge is 0.379 e. The fraction of sp³-hybridized carbons (Fsp3) is 0.842. The summed E-state index contributed by atoms with van der Waals surface area (Å²) in [6.07, 6.45) is 2.93. The zero-order valence-corrected chi connectivity index (χ0v) is 19.8. The van der Waals surface area contributed by atoms with E-state index in [0.29, 0.717) is 12.0 Å². The number of rotatable bonds is 7. The maximum absolute atomic E-state index is 5.43. The van der Waals surface area contributed by atoms with E-state index in [0.717, 1.165) is 89.4 Å². The molecule has 8 nitrogen and oxygen atoms in total. The molecule has 3 rings (SSSR count). The Balaban J connectivity index is 0.00000280. The van der Waals surface area contributed by atoms with E-state index in [1.165, 1.54) is 0 Å². The van der Waals surface area contributed by atoms with Crippen LogP contribution in [0.1, 0.15) is 38.8 Å². The lowest BCUT2D eigenvalue weighted by molar-refractivity contribution is 0.0323. The smallest absolute Gasteiger partial charge is 0.191 e. The molecule has 1 aromatic heterocycles. The summed E-state index contributed by atoms with van der Waals surface area (Å²) >= 11 is 0. The number of aromatic nitrogens is 3. The highest BCUT2D eigenvalue weighted by atomic mass is 127. The second-order valence-electron chi connectivity index (χ2n) is 7.60. The van der Waals surface area contributed by atoms with Gasteiger partial charge in [-0.3, -0.25) is 9.89 Å². The molecule has 2 atom stereocenters. The summed E-state index contributed by atoms with van der Waals surface area (Å²) in [6, 6.07) is 0.344. The predicted octanol–water partition coefficient (Wildman–Crippen LogP) is 1.30. The average molecular weight is 505 g/mol. The number of aliphatic imine (C=N–C) groups is 1. The molecule has 1 aromatic rings. The fourth-order valence-corrected chi connectivity index (χ4v) is 3.67. The van der Waals surface area contributed by atoms with E-state index in [-0.39, 0.29) is 24.0 Å². The van der Waals surface area contributed by atoms with Crippen LogP contribution in [0.4, 0.5) is 0 Å². The van der Waals surface area contributed by atoms with Crippen LogP contribution in [0.25, 0.3) is 0 Å². The van der Waals surface area contributed by atoms with Crippen molar-refractivity contribution >= 4 is 29.9 Å². The van der Waals surface area contributed by atoms with Crippen molar-refractivity contribution in [2.45, 2.75) is 52.6 Å². The minimum Gasteiger partial charge on any atom is -0.379 e. The van der Waals surface area contributed by atoms with Gasteiger partial charge in [0.1, 0.15) is 5.82 Å². The Morgan fingerprint density at radius 3 is 2.82 bits per heavy atom. The van der Waals surface area contributed by atoms with E-state index in [2.05, 4.69) is 51.1 Å². The lowest BCUT2D eigenvalue weighted by Gasteiger charge is -2.29. The molecule has 2 aliphatic heterocycles. The van der Waals surface area contributed by atoms with Gasteiger partial charge in [0.25, 0.3) is 0 Å². The molecule has 28 heavy (non-hydrogen) atoms. The Hall–Kier alpha value is -0.940. The van der Waals surface area contributed by atoms with Crippen molar-refractivity contribution in [2.24, 2.45) is 10.9 Å². The third kappa shape index (κ3) is 6.84. The van der Waals surface area contributed by atoms with Crippen LogP contribution in [-0.4, -0.2) is 77.6 Å². The van der Waals surface area contributed by atoms with Gasteiger partial charge in [0, 0.05) is 51.6 Å². The summed E-state index contributed by atoms with van der Waals surface area (Å²) in [5.74, 6) is 3.50. The van der Waals surface area contributed by atoms with E-state index in [9.17, 15) is 0 Å². The van der Waals surface area contributed by atoms with E-state index in [4.69, 9.17) is 9.73 Å². The standard InChI is InChI=1S/C19H35N7O.HI/c1-4-17-23-18-7-6-16(14-26(18)24-17)22-19(20-5-2)21-12-15(3)13-25-8-10-27-11-9-25;/h15-16H,4-14H2,1-3H3,(H2,20,21,22);1H. The highest BCUT2D eigenvalue weighted by Gasteiger charge is 2.22. The molecule has 1 fully saturated rings. The van der Waals surface area contributed by atoms with Gasteiger partial charge < -0.3 is 15.4 Å². The van der Waals surface area contributed by atoms with Gasteiger partial charge >= 0.3 is 0 Å². The molecule has 2 unspecified atom stereocenters. The molecule has 2 aliphatic rings. The van der Waals surface area contributed by atoms with Gasteiger partial charge in [-0.1, -0.05) is 13.8 Å². The predicted molar refractivity (Wildman–Crippen MR) is 122 cm³/mol. The first-order valence-electron chi connectivity index (χ1n) is 10.5. The number of aryl methyl sites for hydroxylation is 2. The molecule has 0 radical (unpaired) electrons. The van der Waals surface area contributed by atoms with Gasteiger partial charge in [0.15, 0.2) is 11.8 Å². The molecule has 1 saturated heterocycles. The minimum absolute atomic E-state index is 0. The van der Waals surface area contributed by atoms with Crippen LogP contribution in [-0.2, 0) is 24.1 Å². The number of fused-ring (bicyclic) bond motifs is 1. The van der Waals surface area contributed by atoms with Gasteiger partial charge in [0.2, 0.25) is 0 Å². The number of guanidine groups is 1. The first kappa shape index (κ1) is 23.3. The van der Waals surface area contributed by atoms with Crippen molar-refractivity contribution < 1.29 is 4.74 Å². The Bertz CT molecular complexity index is 615. The van der Waals surface area contributed by atoms with E-state index >= 15 is 0 Å². The normalized spacial score (nSPS) is 21.5. The number of ether oxygens (including phenoxy) is 1. The highest BCUT2D eigenvalue weighted by Crippen LogP contribution is 2.13. The topological polar surface area (TPSA) is 79.6 Å². The first-order valence-corrected chi connectivity index (χ1v) is 10.5. The number of nitrogens with zero attached hydrogens (tertiary/aromatic N) is 5. The number of hydrogen-bond acceptors (Lipinski definition) is 5. The summed E-state index contributed by atoms with van der Waals surface area (Å²) in [5, 5.41) is 11.6. The zero-order chi connectivity index (χ0) is 19.1. The molecule has 0 saturated carbocycles. The lowest BCUT2D eigenvalue weighted by Crippen LogP contribution is -2.47. The molecule has 0 aromatic carbocycles. The average Bonchev–Trinajstić information content (AvgIpc) is 3.09. The first-order chi connectivity index (χ1) is 13.2. The number of halogens is 1. The van der Waals surface area contributed by atoms with Crippen molar-refractivity contribution in [3.63, 3.8) is 0 Å². The van der Waals surface area contributed by atoms with Crippen molar-refractivity contribution in [3.8, 4) is 0 Å². The number of morpholine rings is 1. The van der Waals surface area contributed by atoms with Gasteiger partial charge in [-0.15, -0.1) is 24.0 Å². The zero-order valence-electron chi connectivity index (χ0n) is 17.5. The molecule has 160 valence electrons. The van der Waals surface area contributed by atoms with Crippen molar-refractivity contribution in [1.29, 1.82) is 0 Å². The van der Waals surface area contributed by atoms with Gasteiger partial charge in [-0.05, 0) is 19.3 Å². The molecule has 9 heteroatoms. The minimum atomic E-state index is 0. The molecule has 0 aliphatic carbocycles. The van der Waals surface area contributed by atoms with Crippen LogP contribution in [0, 0.1) is 5.92 Å². The summed E-state index contributed by atoms with van der Waals surface area (Å²) in [5.41, 5.74) is 0. The maximum atomic E-state index is 5.43. The molecular weight excluding hydrogens is 469 g/mol. The van der Waals surface area contributed by atoms with Crippen LogP contribution in [0.15, 0.2) is 4.99 Å². The fourth-order valence-electron chi connectivity index (χ4n) is 3.67. The molecule has 0 bridgehead atoms. The van der Waals surface area contributed by atoms with E-state index < -0.39 is 0 Å². The molecule has 0 amide bonds. The third-order valence-corrected chi connectivity index (χ3v) is 5.14. The van der Waals surface area contributed by atoms with Crippen molar-refractivity contribution in [3.05, 3.63) is 11.6 Å². The van der Waals surface area contributed by atoms with Crippen molar-refractivity contribution in [1.82, 2.24) is 30.3 Å². The Labute approximate surface area is 185 Å². The lowest BCUT2D eigenvalue weighted by atomic mass is 10.1. The monoisotopic (exact) mass is 505 g/mol. The van der Waals surface area contributed by atoms with Crippen LogP contribution in [0.3, 0.4) is 0 Å². The van der Waals surface area contributed by atoms with E-state index in [1.807, 2.05) is 0 Å². The number of hydrogen-bond donors (Lipinski definition) is 2. The third-order valence-electron chi connectivity index (χ3n) is 5.14. The van der Waals surface area contributed by atoms with Gasteiger partial charge in [-0.25, -0.2) is 9.67 Å². The summed E-state index contributed by atoms with van der Waals surface area (Å²) in [4.78, 5) is 11.9. The van der Waals surface area contributed by atoms with Crippen LogP contribution in [0.5, 0.6) is 0 Å². The number of nitrogens with one attached hydrogen (secondary N) is 2. The highest BCUT2D eigenvalue weighted by molar-refractivity contribution is 14.0. The molecule has 3 heterocycles. The van der Waals surface area contributed by atoms with Crippen LogP contribution in [0.2, 0.25) is 0 Å². The molecule has 2 N–H and O–H groups in total. The quantitative estimate of drug-likeness (QED) is 0.331. The van der Waals surface area contributed by atoms with E-state index in [1.54, 1.807) is 0 Å². The SMILES string of the molecule is CCNC(=NCC(C)CN1CCOCC1)NC1CCc2nc(CC)nn2C1.I. The summed E-state index contributed by atoms with van der Waals surface area (Å²) in [6.45, 7) is 13.9. The maximum Gasteiger partial charge on any atom is 0.191 e. The van der Waals surface area contributed by atoms with Crippen LogP contribution >= 0.6 is 24.0 Å². The second kappa shape index (κ2) is 11.9. The summed E-state index contributed by atoms with van der Waals surface area (Å²) in [7, 11) is 0. The Morgan fingerprint density at radius 1 is 1.32 bits per heavy atom. The van der Waals surface area contributed by atoms with Crippen molar-refractivity contribution in [2.75, 3.05) is 45.9 Å². The van der Waals surface area contributed by atoms with Crippen LogP contribution < -0.4 is 10.6 Å². The van der Waals surface area contributed by atoms with Gasteiger partial charge in [-0.2, -0.15) is 5.10 Å². The Kier molecular flexibility index (Phi) is 9.93. The summed E-state index contributed by atoms with van der Waals surface area (Å²) < 4.78 is 7.49. The van der Waals surface area contributed by atoms with Gasteiger partial charge in [0.05, 0.1) is 19.8 Å².